The van der Waals surface area contributed by atoms with Crippen LogP contribution in [0.1, 0.15) is 37.0 Å². The van der Waals surface area contributed by atoms with Crippen LogP contribution in [-0.2, 0) is 29.0 Å². The van der Waals surface area contributed by atoms with Gasteiger partial charge in [0.1, 0.15) is 5.75 Å². The molecule has 3 rings (SSSR count). The summed E-state index contributed by atoms with van der Waals surface area (Å²) in [6.07, 6.45) is 1.62. The second-order valence-electron chi connectivity index (χ2n) is 7.73. The minimum atomic E-state index is -0.297. The Hall–Kier alpha value is -2.08. The number of phenolic OH excluding ortho intramolecular Hbond substituents is 1. The summed E-state index contributed by atoms with van der Waals surface area (Å²) in [6.45, 7) is 6.32. The lowest BCUT2D eigenvalue weighted by molar-refractivity contribution is -0.127. The number of ether oxygens (including phenoxy) is 1. The van der Waals surface area contributed by atoms with Crippen LogP contribution in [0.25, 0.3) is 0 Å². The molecule has 2 N–H and O–H groups in total. The number of amides is 1. The Balaban J connectivity index is 1.71. The number of benzene rings is 2. The predicted octanol–water partition coefficient (Wildman–Crippen LogP) is 3.90. The third-order valence-electron chi connectivity index (χ3n) is 5.14. The summed E-state index contributed by atoms with van der Waals surface area (Å²) in [7, 11) is 0. The maximum absolute atomic E-state index is 13.0. The van der Waals surface area contributed by atoms with Crippen molar-refractivity contribution >= 4 is 17.5 Å². The molecule has 1 aliphatic rings. The molecule has 0 radical (unpaired) electrons. The quantitative estimate of drug-likeness (QED) is 0.640. The summed E-state index contributed by atoms with van der Waals surface area (Å²) in [4.78, 5) is 15.1. The Labute approximate surface area is 177 Å². The van der Waals surface area contributed by atoms with E-state index in [1.807, 2.05) is 26.0 Å². The fraction of sp³-hybridized carbons (Fsp3) is 0.435. The molecule has 1 amide bonds. The molecule has 1 aliphatic heterocycles. The average Bonchev–Trinajstić information content (AvgIpc) is 2.69. The number of fused-ring (bicyclic) bond motifs is 1. The predicted molar refractivity (Wildman–Crippen MR) is 115 cm³/mol. The van der Waals surface area contributed by atoms with Gasteiger partial charge in [0.15, 0.2) is 0 Å². The first-order valence-electron chi connectivity index (χ1n) is 10.1. The number of hydrogen-bond donors (Lipinski definition) is 2. The molecule has 0 spiro atoms. The molecule has 2 aromatic rings. The number of nitrogens with zero attached hydrogens (tertiary/aromatic N) is 1. The normalized spacial score (nSPS) is 16.6. The smallest absolute Gasteiger partial charge is 0.237 e. The SMILES string of the molecule is CC(C)OCCCNC(=O)C1Cc2ccccc2CN1Cc1cc(Cl)ccc1O. The summed E-state index contributed by atoms with van der Waals surface area (Å²) < 4.78 is 5.54. The van der Waals surface area contributed by atoms with E-state index in [1.165, 1.54) is 11.1 Å². The standard InChI is InChI=1S/C23H29ClN2O3/c1-16(2)29-11-5-10-25-23(28)21-13-17-6-3-4-7-18(17)14-26(21)15-19-12-20(24)8-9-22(19)27/h3-4,6-9,12,16,21,27H,5,10-11,13-15H2,1-2H3,(H,25,28). The zero-order valence-corrected chi connectivity index (χ0v) is 17.8. The molecular weight excluding hydrogens is 388 g/mol. The van der Waals surface area contributed by atoms with E-state index in [0.29, 0.717) is 37.7 Å². The van der Waals surface area contributed by atoms with Crippen LogP contribution in [0.2, 0.25) is 5.02 Å². The molecule has 0 aliphatic carbocycles. The summed E-state index contributed by atoms with van der Waals surface area (Å²) in [5.74, 6) is 0.198. The fourth-order valence-electron chi connectivity index (χ4n) is 3.62. The van der Waals surface area contributed by atoms with Crippen LogP contribution in [-0.4, -0.2) is 41.2 Å². The van der Waals surface area contributed by atoms with E-state index in [4.69, 9.17) is 16.3 Å². The fourth-order valence-corrected chi connectivity index (χ4v) is 3.82. The molecule has 1 atom stereocenters. The van der Waals surface area contributed by atoms with Gasteiger partial charge in [0.2, 0.25) is 5.91 Å². The molecule has 0 aromatic heterocycles. The highest BCUT2D eigenvalue weighted by atomic mass is 35.5. The molecule has 2 aromatic carbocycles. The molecule has 6 heteroatoms. The van der Waals surface area contributed by atoms with Gasteiger partial charge in [-0.25, -0.2) is 0 Å². The summed E-state index contributed by atoms with van der Waals surface area (Å²) in [5, 5.41) is 13.9. The number of carbonyl (C=O) groups excluding carboxylic acids is 1. The van der Waals surface area contributed by atoms with Crippen molar-refractivity contribution in [3.63, 3.8) is 0 Å². The molecule has 1 heterocycles. The third kappa shape index (κ3) is 5.95. The minimum absolute atomic E-state index is 0.00516. The van der Waals surface area contributed by atoms with Gasteiger partial charge in [0, 0.05) is 36.8 Å². The van der Waals surface area contributed by atoms with Gasteiger partial charge in [0.25, 0.3) is 0 Å². The molecule has 0 fully saturated rings. The van der Waals surface area contributed by atoms with Crippen molar-refractivity contribution in [2.45, 2.75) is 51.9 Å². The van der Waals surface area contributed by atoms with Crippen LogP contribution >= 0.6 is 11.6 Å². The number of halogens is 1. The Morgan fingerprint density at radius 1 is 1.28 bits per heavy atom. The van der Waals surface area contributed by atoms with Crippen LogP contribution in [0, 0.1) is 0 Å². The topological polar surface area (TPSA) is 61.8 Å². The molecule has 29 heavy (non-hydrogen) atoms. The van der Waals surface area contributed by atoms with Crippen molar-refractivity contribution < 1.29 is 14.6 Å². The van der Waals surface area contributed by atoms with Gasteiger partial charge in [-0.05, 0) is 56.0 Å². The van der Waals surface area contributed by atoms with Gasteiger partial charge < -0.3 is 15.2 Å². The lowest BCUT2D eigenvalue weighted by Gasteiger charge is -2.36. The van der Waals surface area contributed by atoms with Gasteiger partial charge in [-0.1, -0.05) is 35.9 Å². The number of aromatic hydroxyl groups is 1. The number of carbonyl (C=O) groups is 1. The number of rotatable bonds is 8. The van der Waals surface area contributed by atoms with Crippen molar-refractivity contribution in [2.24, 2.45) is 0 Å². The van der Waals surface area contributed by atoms with Crippen molar-refractivity contribution in [1.82, 2.24) is 10.2 Å². The number of hydrogen-bond acceptors (Lipinski definition) is 4. The van der Waals surface area contributed by atoms with E-state index in [9.17, 15) is 9.90 Å². The highest BCUT2D eigenvalue weighted by Gasteiger charge is 2.31. The van der Waals surface area contributed by atoms with Crippen LogP contribution in [0.4, 0.5) is 0 Å². The second-order valence-corrected chi connectivity index (χ2v) is 8.17. The first kappa shape index (κ1) is 21.6. The van der Waals surface area contributed by atoms with Crippen molar-refractivity contribution in [3.05, 3.63) is 64.2 Å². The number of nitrogens with one attached hydrogen (secondary N) is 1. The van der Waals surface area contributed by atoms with Crippen LogP contribution in [0.3, 0.4) is 0 Å². The van der Waals surface area contributed by atoms with Crippen LogP contribution in [0.5, 0.6) is 5.75 Å². The third-order valence-corrected chi connectivity index (χ3v) is 5.37. The minimum Gasteiger partial charge on any atom is -0.508 e. The van der Waals surface area contributed by atoms with Gasteiger partial charge in [-0.15, -0.1) is 0 Å². The van der Waals surface area contributed by atoms with E-state index in [2.05, 4.69) is 22.3 Å². The number of phenols is 1. The van der Waals surface area contributed by atoms with Crippen LogP contribution in [0.15, 0.2) is 42.5 Å². The Bertz CT molecular complexity index is 841. The summed E-state index contributed by atoms with van der Waals surface area (Å²) in [5.41, 5.74) is 3.13. The van der Waals surface area contributed by atoms with E-state index in [-0.39, 0.29) is 23.8 Å². The van der Waals surface area contributed by atoms with Gasteiger partial charge >= 0.3 is 0 Å². The van der Waals surface area contributed by atoms with Gasteiger partial charge in [-0.3, -0.25) is 9.69 Å². The maximum atomic E-state index is 13.0. The molecule has 0 saturated carbocycles. The lowest BCUT2D eigenvalue weighted by Crippen LogP contribution is -2.50. The van der Waals surface area contributed by atoms with Gasteiger partial charge in [0.05, 0.1) is 12.1 Å². The first-order valence-corrected chi connectivity index (χ1v) is 10.5. The van der Waals surface area contributed by atoms with Crippen molar-refractivity contribution in [2.75, 3.05) is 13.2 Å². The lowest BCUT2D eigenvalue weighted by atomic mass is 9.93. The second kappa shape index (κ2) is 10.1. The van der Waals surface area contributed by atoms with E-state index < -0.39 is 0 Å². The zero-order chi connectivity index (χ0) is 20.8. The highest BCUT2D eigenvalue weighted by molar-refractivity contribution is 6.30. The van der Waals surface area contributed by atoms with E-state index >= 15 is 0 Å². The van der Waals surface area contributed by atoms with Crippen molar-refractivity contribution in [1.29, 1.82) is 0 Å². The van der Waals surface area contributed by atoms with Crippen LogP contribution < -0.4 is 5.32 Å². The zero-order valence-electron chi connectivity index (χ0n) is 17.0. The van der Waals surface area contributed by atoms with E-state index in [1.54, 1.807) is 18.2 Å². The summed E-state index contributed by atoms with van der Waals surface area (Å²) >= 11 is 6.11. The molecule has 0 bridgehead atoms. The molecule has 0 saturated heterocycles. The highest BCUT2D eigenvalue weighted by Crippen LogP contribution is 2.29. The molecule has 1 unspecified atom stereocenters. The molecular formula is C23H29ClN2O3. The maximum Gasteiger partial charge on any atom is 0.237 e. The monoisotopic (exact) mass is 416 g/mol. The average molecular weight is 417 g/mol. The van der Waals surface area contributed by atoms with Crippen molar-refractivity contribution in [3.8, 4) is 5.75 Å². The summed E-state index contributed by atoms with van der Waals surface area (Å²) in [6, 6.07) is 12.9. The Morgan fingerprint density at radius 2 is 2.03 bits per heavy atom. The largest absolute Gasteiger partial charge is 0.508 e. The van der Waals surface area contributed by atoms with E-state index in [0.717, 1.165) is 12.0 Å². The Kier molecular flexibility index (Phi) is 7.53. The molecule has 156 valence electrons. The molecule has 5 nitrogen and oxygen atoms in total. The van der Waals surface area contributed by atoms with Gasteiger partial charge in [-0.2, -0.15) is 0 Å². The Morgan fingerprint density at radius 3 is 2.79 bits per heavy atom. The first-order chi connectivity index (χ1) is 13.9.